The van der Waals surface area contributed by atoms with Crippen molar-refractivity contribution in [3.63, 3.8) is 0 Å². The molecule has 4 heteroatoms. The van der Waals surface area contributed by atoms with Crippen LogP contribution in [0.4, 0.5) is 5.69 Å². The van der Waals surface area contributed by atoms with Crippen molar-refractivity contribution in [3.8, 4) is 0 Å². The van der Waals surface area contributed by atoms with Gasteiger partial charge in [-0.25, -0.2) is 0 Å². The summed E-state index contributed by atoms with van der Waals surface area (Å²) in [6, 6.07) is 6.96. The summed E-state index contributed by atoms with van der Waals surface area (Å²) in [5.41, 5.74) is 8.61. The van der Waals surface area contributed by atoms with Crippen LogP contribution in [0.2, 0.25) is 5.02 Å². The van der Waals surface area contributed by atoms with E-state index in [4.69, 9.17) is 17.3 Å². The molecular formula is C17H28ClN3. The fraction of sp³-hybridized carbons (Fsp3) is 0.647. The molecule has 0 aliphatic carbocycles. The summed E-state index contributed by atoms with van der Waals surface area (Å²) in [4.78, 5) is 4.78. The number of rotatable bonds is 5. The molecule has 118 valence electrons. The average molecular weight is 310 g/mol. The molecule has 1 aromatic rings. The van der Waals surface area contributed by atoms with Crippen LogP contribution in [0.3, 0.4) is 0 Å². The molecule has 0 saturated carbocycles. The van der Waals surface area contributed by atoms with Crippen LogP contribution < -0.4 is 10.6 Å². The van der Waals surface area contributed by atoms with E-state index in [2.05, 4.69) is 36.9 Å². The number of hydrogen-bond donors (Lipinski definition) is 1. The molecule has 1 heterocycles. The minimum Gasteiger partial charge on any atom is -0.370 e. The van der Waals surface area contributed by atoms with Crippen molar-refractivity contribution in [2.45, 2.75) is 44.7 Å². The third-order valence-corrected chi connectivity index (χ3v) is 4.97. The van der Waals surface area contributed by atoms with Gasteiger partial charge in [0.05, 0.1) is 10.7 Å². The van der Waals surface area contributed by atoms with E-state index < -0.39 is 0 Å². The number of piperidine rings is 1. The number of nitrogens with two attached hydrogens (primary N) is 1. The van der Waals surface area contributed by atoms with Crippen LogP contribution in [0.1, 0.15) is 31.7 Å². The molecule has 0 aromatic heterocycles. The highest BCUT2D eigenvalue weighted by atomic mass is 35.5. The fourth-order valence-electron chi connectivity index (χ4n) is 3.11. The SMILES string of the molecule is CCC(N)Cc1cccc(Cl)c1N(C)C1CCN(C)CC1. The Labute approximate surface area is 134 Å². The largest absolute Gasteiger partial charge is 0.370 e. The minimum absolute atomic E-state index is 0.202. The van der Waals surface area contributed by atoms with Crippen LogP contribution in [0.5, 0.6) is 0 Å². The van der Waals surface area contributed by atoms with E-state index in [0.29, 0.717) is 6.04 Å². The van der Waals surface area contributed by atoms with E-state index in [-0.39, 0.29) is 6.04 Å². The van der Waals surface area contributed by atoms with Gasteiger partial charge in [0.2, 0.25) is 0 Å². The number of anilines is 1. The second-order valence-electron chi connectivity index (χ2n) is 6.27. The predicted octanol–water partition coefficient (Wildman–Crippen LogP) is 3.15. The quantitative estimate of drug-likeness (QED) is 0.907. The number of likely N-dealkylation sites (tertiary alicyclic amines) is 1. The molecule has 1 atom stereocenters. The van der Waals surface area contributed by atoms with Crippen LogP contribution in [-0.4, -0.2) is 44.2 Å². The van der Waals surface area contributed by atoms with Gasteiger partial charge in [0.15, 0.2) is 0 Å². The second kappa shape index (κ2) is 7.48. The predicted molar refractivity (Wildman–Crippen MR) is 92.3 cm³/mol. The van der Waals surface area contributed by atoms with Crippen molar-refractivity contribution in [3.05, 3.63) is 28.8 Å². The van der Waals surface area contributed by atoms with Crippen LogP contribution in [0, 0.1) is 0 Å². The Morgan fingerprint density at radius 3 is 2.67 bits per heavy atom. The van der Waals surface area contributed by atoms with Crippen molar-refractivity contribution in [1.82, 2.24) is 4.90 Å². The summed E-state index contributed by atoms with van der Waals surface area (Å²) in [7, 11) is 4.37. The van der Waals surface area contributed by atoms with Gasteiger partial charge in [-0.3, -0.25) is 0 Å². The Bertz CT molecular complexity index is 455. The van der Waals surface area contributed by atoms with Crippen LogP contribution in [0.15, 0.2) is 18.2 Å². The molecule has 1 fully saturated rings. The lowest BCUT2D eigenvalue weighted by Crippen LogP contribution is -2.42. The summed E-state index contributed by atoms with van der Waals surface area (Å²) >= 11 is 6.51. The van der Waals surface area contributed by atoms with Gasteiger partial charge in [0, 0.05) is 19.1 Å². The zero-order valence-electron chi connectivity index (χ0n) is 13.5. The van der Waals surface area contributed by atoms with Gasteiger partial charge in [-0.1, -0.05) is 30.7 Å². The summed E-state index contributed by atoms with van der Waals surface area (Å²) in [5, 5.41) is 0.845. The van der Waals surface area contributed by atoms with Crippen LogP contribution >= 0.6 is 11.6 Å². The highest BCUT2D eigenvalue weighted by Gasteiger charge is 2.24. The second-order valence-corrected chi connectivity index (χ2v) is 6.67. The Kier molecular flexibility index (Phi) is 5.91. The molecular weight excluding hydrogens is 282 g/mol. The van der Waals surface area contributed by atoms with E-state index in [9.17, 15) is 0 Å². The van der Waals surface area contributed by atoms with Crippen molar-refractivity contribution >= 4 is 17.3 Å². The first-order chi connectivity index (χ1) is 10.0. The zero-order valence-corrected chi connectivity index (χ0v) is 14.2. The fourth-order valence-corrected chi connectivity index (χ4v) is 3.44. The van der Waals surface area contributed by atoms with E-state index in [1.165, 1.54) is 24.1 Å². The van der Waals surface area contributed by atoms with Crippen molar-refractivity contribution in [2.75, 3.05) is 32.1 Å². The number of halogens is 1. The third-order valence-electron chi connectivity index (χ3n) is 4.67. The topological polar surface area (TPSA) is 32.5 Å². The molecule has 1 aliphatic heterocycles. The number of benzene rings is 1. The molecule has 0 spiro atoms. The molecule has 0 amide bonds. The molecule has 3 nitrogen and oxygen atoms in total. The lowest BCUT2D eigenvalue weighted by Gasteiger charge is -2.37. The Morgan fingerprint density at radius 2 is 2.05 bits per heavy atom. The number of hydrogen-bond acceptors (Lipinski definition) is 3. The molecule has 1 aliphatic rings. The molecule has 0 radical (unpaired) electrons. The maximum absolute atomic E-state index is 6.51. The smallest absolute Gasteiger partial charge is 0.0642 e. The average Bonchev–Trinajstić information content (AvgIpc) is 2.47. The minimum atomic E-state index is 0.202. The molecule has 21 heavy (non-hydrogen) atoms. The third kappa shape index (κ3) is 4.12. The molecule has 1 saturated heterocycles. The summed E-state index contributed by atoms with van der Waals surface area (Å²) in [6.45, 7) is 4.45. The maximum Gasteiger partial charge on any atom is 0.0642 e. The zero-order chi connectivity index (χ0) is 15.4. The summed E-state index contributed by atoms with van der Waals surface area (Å²) < 4.78 is 0. The standard InChI is InChI=1S/C17H28ClN3/c1-4-14(19)12-13-6-5-7-16(18)17(13)21(3)15-8-10-20(2)11-9-15/h5-7,14-15H,4,8-12,19H2,1-3H3. The molecule has 2 rings (SSSR count). The summed E-state index contributed by atoms with van der Waals surface area (Å²) in [6.07, 6.45) is 4.27. The van der Waals surface area contributed by atoms with Gasteiger partial charge in [0.25, 0.3) is 0 Å². The maximum atomic E-state index is 6.51. The van der Waals surface area contributed by atoms with Gasteiger partial charge in [-0.2, -0.15) is 0 Å². The van der Waals surface area contributed by atoms with Crippen molar-refractivity contribution in [2.24, 2.45) is 5.73 Å². The van der Waals surface area contributed by atoms with Gasteiger partial charge in [-0.15, -0.1) is 0 Å². The summed E-state index contributed by atoms with van der Waals surface area (Å²) in [5.74, 6) is 0. The van der Waals surface area contributed by atoms with Gasteiger partial charge in [0.1, 0.15) is 0 Å². The van der Waals surface area contributed by atoms with Crippen LogP contribution in [0.25, 0.3) is 0 Å². The van der Waals surface area contributed by atoms with Crippen LogP contribution in [-0.2, 0) is 6.42 Å². The number of para-hydroxylation sites is 1. The van der Waals surface area contributed by atoms with Crippen molar-refractivity contribution in [1.29, 1.82) is 0 Å². The Balaban J connectivity index is 2.20. The molecule has 0 bridgehead atoms. The van der Waals surface area contributed by atoms with Gasteiger partial charge < -0.3 is 15.5 Å². The van der Waals surface area contributed by atoms with E-state index in [0.717, 1.165) is 31.0 Å². The molecule has 2 N–H and O–H groups in total. The lowest BCUT2D eigenvalue weighted by molar-refractivity contribution is 0.252. The van der Waals surface area contributed by atoms with Crippen molar-refractivity contribution < 1.29 is 0 Å². The monoisotopic (exact) mass is 309 g/mol. The Hall–Kier alpha value is -0.770. The van der Waals surface area contributed by atoms with Gasteiger partial charge >= 0.3 is 0 Å². The normalized spacial score (nSPS) is 18.7. The highest BCUT2D eigenvalue weighted by molar-refractivity contribution is 6.33. The van der Waals surface area contributed by atoms with E-state index in [1.807, 2.05) is 12.1 Å². The first-order valence-corrected chi connectivity index (χ1v) is 8.35. The van der Waals surface area contributed by atoms with E-state index >= 15 is 0 Å². The molecule has 1 unspecified atom stereocenters. The molecule has 1 aromatic carbocycles. The number of nitrogens with zero attached hydrogens (tertiary/aromatic N) is 2. The van der Waals surface area contributed by atoms with E-state index in [1.54, 1.807) is 0 Å². The lowest BCUT2D eigenvalue weighted by atomic mass is 9.99. The van der Waals surface area contributed by atoms with Gasteiger partial charge in [-0.05, 0) is 57.5 Å². The first kappa shape index (κ1) is 16.6. The first-order valence-electron chi connectivity index (χ1n) is 7.97. The highest BCUT2D eigenvalue weighted by Crippen LogP contribution is 2.33. The Morgan fingerprint density at radius 1 is 1.38 bits per heavy atom.